The van der Waals surface area contributed by atoms with Crippen molar-refractivity contribution in [2.24, 2.45) is 0 Å². The second kappa shape index (κ2) is 9.40. The van der Waals surface area contributed by atoms with Crippen molar-refractivity contribution in [3.05, 3.63) is 66.2 Å². The van der Waals surface area contributed by atoms with Crippen LogP contribution in [0.4, 0.5) is 13.6 Å². The number of ether oxygens (including phenoxy) is 3. The number of hydrogen-bond donors (Lipinski definition) is 0. The Morgan fingerprint density at radius 3 is 2.67 bits per heavy atom. The van der Waals surface area contributed by atoms with Gasteiger partial charge in [0, 0.05) is 49.0 Å². The van der Waals surface area contributed by atoms with Crippen molar-refractivity contribution in [3.63, 3.8) is 0 Å². The molecule has 1 aliphatic rings. The molecule has 0 saturated heterocycles. The average Bonchev–Trinajstić information content (AvgIpc) is 2.83. The van der Waals surface area contributed by atoms with Crippen molar-refractivity contribution in [3.8, 4) is 28.4 Å². The van der Waals surface area contributed by atoms with E-state index in [-0.39, 0.29) is 5.75 Å². The van der Waals surface area contributed by atoms with E-state index in [4.69, 9.17) is 14.2 Å². The van der Waals surface area contributed by atoms with E-state index in [1.165, 1.54) is 26.2 Å². The second-order valence-electron chi connectivity index (χ2n) is 7.48. The number of halogens is 2. The first-order chi connectivity index (χ1) is 15.9. The molecule has 4 rings (SSSR count). The average molecular weight is 455 g/mol. The van der Waals surface area contributed by atoms with Crippen molar-refractivity contribution < 1.29 is 27.8 Å². The third-order valence-electron chi connectivity index (χ3n) is 5.26. The fraction of sp³-hybridized carbons (Fsp3) is 0.292. The van der Waals surface area contributed by atoms with Crippen LogP contribution in [0.15, 0.2) is 54.9 Å². The molecular weight excluding hydrogens is 432 g/mol. The van der Waals surface area contributed by atoms with E-state index < -0.39 is 18.6 Å². The zero-order chi connectivity index (χ0) is 23.4. The first-order valence-corrected chi connectivity index (χ1v) is 10.5. The summed E-state index contributed by atoms with van der Waals surface area (Å²) in [6, 6.07) is 11.7. The molecule has 7 nitrogen and oxygen atoms in total. The molecule has 0 radical (unpaired) electrons. The maximum absolute atomic E-state index is 13.6. The van der Waals surface area contributed by atoms with Gasteiger partial charge in [-0.05, 0) is 35.9 Å². The Kier molecular flexibility index (Phi) is 6.39. The molecule has 0 N–H and O–H groups in total. The second-order valence-corrected chi connectivity index (χ2v) is 7.48. The quantitative estimate of drug-likeness (QED) is 0.471. The molecule has 2 aromatic carbocycles. The van der Waals surface area contributed by atoms with Gasteiger partial charge in [-0.3, -0.25) is 0 Å². The van der Waals surface area contributed by atoms with Crippen LogP contribution in [-0.4, -0.2) is 40.7 Å². The summed E-state index contributed by atoms with van der Waals surface area (Å²) in [5.74, 6) is 1.54. The standard InChI is InChI=1S/C24H23F2N3O4/c1-3-24(25,26)33-18-6-7-19(21(14-18)31-2)16-5-8-20-17(13-16)15-29(23(30)32-20)12-9-22-27-10-4-11-28-22/h4-8,10-11,13-14H,3,9,12,15H2,1-2H3. The summed E-state index contributed by atoms with van der Waals surface area (Å²) in [5, 5.41) is 0. The number of carbonyl (C=O) groups is 1. The van der Waals surface area contributed by atoms with Crippen LogP contribution in [0, 0.1) is 0 Å². The van der Waals surface area contributed by atoms with Gasteiger partial charge in [0.15, 0.2) is 0 Å². The molecule has 1 aromatic heterocycles. The number of aromatic nitrogens is 2. The molecule has 1 aliphatic heterocycles. The Balaban J connectivity index is 1.55. The smallest absolute Gasteiger partial charge is 0.415 e. The van der Waals surface area contributed by atoms with E-state index in [0.717, 1.165) is 11.1 Å². The van der Waals surface area contributed by atoms with Crippen molar-refractivity contribution in [2.75, 3.05) is 13.7 Å². The van der Waals surface area contributed by atoms with Gasteiger partial charge in [-0.1, -0.05) is 13.0 Å². The highest BCUT2D eigenvalue weighted by atomic mass is 19.3. The van der Waals surface area contributed by atoms with Crippen molar-refractivity contribution >= 4 is 6.09 Å². The lowest BCUT2D eigenvalue weighted by molar-refractivity contribution is -0.177. The van der Waals surface area contributed by atoms with E-state index in [1.54, 1.807) is 41.6 Å². The third-order valence-corrected chi connectivity index (χ3v) is 5.26. The summed E-state index contributed by atoms with van der Waals surface area (Å²) in [6.45, 7) is 2.12. The van der Waals surface area contributed by atoms with Crippen LogP contribution >= 0.6 is 0 Å². The summed E-state index contributed by atoms with van der Waals surface area (Å²) in [5.41, 5.74) is 2.32. The first-order valence-electron chi connectivity index (χ1n) is 10.5. The molecule has 172 valence electrons. The third kappa shape index (κ3) is 5.19. The number of carbonyl (C=O) groups excluding carboxylic acids is 1. The van der Waals surface area contributed by atoms with Crippen LogP contribution in [0.1, 0.15) is 24.7 Å². The number of methoxy groups -OCH3 is 1. The fourth-order valence-corrected chi connectivity index (χ4v) is 3.48. The van der Waals surface area contributed by atoms with Gasteiger partial charge in [0.1, 0.15) is 23.1 Å². The highest BCUT2D eigenvalue weighted by Gasteiger charge is 2.29. The van der Waals surface area contributed by atoms with Crippen molar-refractivity contribution in [1.29, 1.82) is 0 Å². The van der Waals surface area contributed by atoms with Crippen molar-refractivity contribution in [2.45, 2.75) is 32.4 Å². The van der Waals surface area contributed by atoms with Crippen LogP contribution < -0.4 is 14.2 Å². The maximum Gasteiger partial charge on any atom is 0.415 e. The SMILES string of the molecule is CCC(F)(F)Oc1ccc(-c2ccc3c(c2)CN(CCc2ncccn2)C(=O)O3)c(OC)c1. The minimum atomic E-state index is -3.25. The lowest BCUT2D eigenvalue weighted by Crippen LogP contribution is -2.38. The molecule has 9 heteroatoms. The van der Waals surface area contributed by atoms with E-state index in [0.29, 0.717) is 42.4 Å². The summed E-state index contributed by atoms with van der Waals surface area (Å²) in [6.07, 6.45) is -0.300. The van der Waals surface area contributed by atoms with Gasteiger partial charge in [-0.15, -0.1) is 0 Å². The van der Waals surface area contributed by atoms with Crippen LogP contribution in [0.25, 0.3) is 11.1 Å². The van der Waals surface area contributed by atoms with Crippen LogP contribution in [-0.2, 0) is 13.0 Å². The summed E-state index contributed by atoms with van der Waals surface area (Å²) < 4.78 is 42.9. The molecule has 0 aliphatic carbocycles. The molecule has 0 unspecified atom stereocenters. The van der Waals surface area contributed by atoms with Gasteiger partial charge < -0.3 is 19.1 Å². The Morgan fingerprint density at radius 2 is 1.94 bits per heavy atom. The Morgan fingerprint density at radius 1 is 1.15 bits per heavy atom. The van der Waals surface area contributed by atoms with Gasteiger partial charge in [-0.2, -0.15) is 8.78 Å². The molecule has 2 heterocycles. The zero-order valence-electron chi connectivity index (χ0n) is 18.3. The summed E-state index contributed by atoms with van der Waals surface area (Å²) >= 11 is 0. The number of fused-ring (bicyclic) bond motifs is 1. The minimum Gasteiger partial charge on any atom is -0.496 e. The topological polar surface area (TPSA) is 73.8 Å². The highest BCUT2D eigenvalue weighted by molar-refractivity contribution is 5.77. The Labute approximate surface area is 189 Å². The van der Waals surface area contributed by atoms with Gasteiger partial charge >= 0.3 is 12.2 Å². The van der Waals surface area contributed by atoms with E-state index in [1.807, 2.05) is 6.07 Å². The van der Waals surface area contributed by atoms with Crippen molar-refractivity contribution in [1.82, 2.24) is 14.9 Å². The lowest BCUT2D eigenvalue weighted by atomic mass is 10.0. The van der Waals surface area contributed by atoms with Crippen LogP contribution in [0.5, 0.6) is 17.2 Å². The molecule has 3 aromatic rings. The zero-order valence-corrected chi connectivity index (χ0v) is 18.3. The van der Waals surface area contributed by atoms with Gasteiger partial charge in [0.2, 0.25) is 0 Å². The van der Waals surface area contributed by atoms with Crippen LogP contribution in [0.3, 0.4) is 0 Å². The highest BCUT2D eigenvalue weighted by Crippen LogP contribution is 2.38. The molecule has 1 amide bonds. The lowest BCUT2D eigenvalue weighted by Gasteiger charge is -2.28. The number of benzene rings is 2. The molecule has 0 spiro atoms. The predicted molar refractivity (Wildman–Crippen MR) is 116 cm³/mol. The van der Waals surface area contributed by atoms with Gasteiger partial charge in [0.05, 0.1) is 13.7 Å². The summed E-state index contributed by atoms with van der Waals surface area (Å²) in [4.78, 5) is 22.3. The maximum atomic E-state index is 13.6. The number of alkyl halides is 2. The number of rotatable bonds is 8. The normalized spacial score (nSPS) is 13.3. The first kappa shape index (κ1) is 22.4. The predicted octanol–water partition coefficient (Wildman–Crippen LogP) is 5.09. The van der Waals surface area contributed by atoms with E-state index in [9.17, 15) is 13.6 Å². The number of amides is 1. The molecule has 33 heavy (non-hydrogen) atoms. The minimum absolute atomic E-state index is 0.0173. The van der Waals surface area contributed by atoms with E-state index in [2.05, 4.69) is 9.97 Å². The van der Waals surface area contributed by atoms with Crippen LogP contribution in [0.2, 0.25) is 0 Å². The molecule has 0 saturated carbocycles. The number of nitrogens with zero attached hydrogens (tertiary/aromatic N) is 3. The Bertz CT molecular complexity index is 1140. The largest absolute Gasteiger partial charge is 0.496 e. The molecule has 0 fully saturated rings. The summed E-state index contributed by atoms with van der Waals surface area (Å²) in [7, 11) is 1.47. The fourth-order valence-electron chi connectivity index (χ4n) is 3.48. The van der Waals surface area contributed by atoms with E-state index >= 15 is 0 Å². The molecule has 0 bridgehead atoms. The van der Waals surface area contributed by atoms with Gasteiger partial charge in [-0.25, -0.2) is 14.8 Å². The molecular formula is C24H23F2N3O4. The molecule has 0 atom stereocenters. The monoisotopic (exact) mass is 455 g/mol. The van der Waals surface area contributed by atoms with Gasteiger partial charge in [0.25, 0.3) is 0 Å². The Hall–Kier alpha value is -3.75. The number of hydrogen-bond acceptors (Lipinski definition) is 6.